The Morgan fingerprint density at radius 1 is 1.25 bits per heavy atom. The second kappa shape index (κ2) is 4.38. The van der Waals surface area contributed by atoms with Crippen LogP contribution in [0.1, 0.15) is 49.4 Å². The van der Waals surface area contributed by atoms with E-state index in [9.17, 15) is 0 Å². The van der Waals surface area contributed by atoms with E-state index < -0.39 is 0 Å². The molecule has 3 nitrogen and oxygen atoms in total. The van der Waals surface area contributed by atoms with Crippen molar-refractivity contribution >= 4 is 11.6 Å². The summed E-state index contributed by atoms with van der Waals surface area (Å²) in [6.45, 7) is 1.97. The van der Waals surface area contributed by atoms with Crippen molar-refractivity contribution in [3.8, 4) is 0 Å². The number of fused-ring (bicyclic) bond motifs is 1. The number of halogens is 1. The molecule has 1 saturated carbocycles. The zero-order chi connectivity index (χ0) is 11.0. The van der Waals surface area contributed by atoms with Gasteiger partial charge in [-0.1, -0.05) is 30.9 Å². The first-order valence-electron chi connectivity index (χ1n) is 6.33. The third kappa shape index (κ3) is 1.76. The van der Waals surface area contributed by atoms with Crippen LogP contribution in [0.4, 0.5) is 0 Å². The summed E-state index contributed by atoms with van der Waals surface area (Å²) in [6.07, 6.45) is 7.62. The van der Waals surface area contributed by atoms with Gasteiger partial charge in [0.15, 0.2) is 5.15 Å². The molecule has 0 aromatic carbocycles. The summed E-state index contributed by atoms with van der Waals surface area (Å²) in [5.74, 6) is 0. The molecule has 2 heterocycles. The van der Waals surface area contributed by atoms with Gasteiger partial charge in [-0.25, -0.2) is 0 Å². The number of hydrogen-bond donors (Lipinski definition) is 1. The lowest BCUT2D eigenvalue weighted by molar-refractivity contribution is 0.318. The monoisotopic (exact) mass is 239 g/mol. The average Bonchev–Trinajstić information content (AvgIpc) is 2.69. The normalized spacial score (nSPS) is 22.1. The molecule has 0 saturated heterocycles. The molecule has 1 N–H and O–H groups in total. The van der Waals surface area contributed by atoms with Gasteiger partial charge in [-0.05, 0) is 25.8 Å². The maximum Gasteiger partial charge on any atom is 0.154 e. The van der Waals surface area contributed by atoms with Crippen LogP contribution >= 0.6 is 11.6 Å². The molecular weight excluding hydrogens is 222 g/mol. The minimum atomic E-state index is 0.592. The van der Waals surface area contributed by atoms with E-state index >= 15 is 0 Å². The Morgan fingerprint density at radius 2 is 2.06 bits per heavy atom. The van der Waals surface area contributed by atoms with E-state index in [4.69, 9.17) is 11.6 Å². The molecule has 0 radical (unpaired) electrons. The maximum atomic E-state index is 6.22. The molecule has 3 rings (SSSR count). The summed E-state index contributed by atoms with van der Waals surface area (Å²) in [6, 6.07) is 0.592. The van der Waals surface area contributed by atoms with Crippen molar-refractivity contribution in [2.24, 2.45) is 0 Å². The molecule has 1 aliphatic heterocycles. The molecule has 4 heteroatoms. The summed E-state index contributed by atoms with van der Waals surface area (Å²) >= 11 is 6.22. The molecule has 1 fully saturated rings. The highest BCUT2D eigenvalue weighted by atomic mass is 35.5. The lowest BCUT2D eigenvalue weighted by Gasteiger charge is -2.25. The van der Waals surface area contributed by atoms with Gasteiger partial charge in [0.25, 0.3) is 0 Å². The first-order valence-corrected chi connectivity index (χ1v) is 6.70. The van der Waals surface area contributed by atoms with Crippen LogP contribution in [0.25, 0.3) is 0 Å². The molecule has 0 amide bonds. The van der Waals surface area contributed by atoms with Gasteiger partial charge in [0.1, 0.15) is 0 Å². The fourth-order valence-electron chi connectivity index (χ4n) is 2.96. The molecule has 1 aliphatic carbocycles. The van der Waals surface area contributed by atoms with Crippen molar-refractivity contribution < 1.29 is 0 Å². The second-order valence-corrected chi connectivity index (χ2v) is 5.24. The Labute approximate surface area is 101 Å². The van der Waals surface area contributed by atoms with E-state index in [-0.39, 0.29) is 0 Å². The molecule has 0 unspecified atom stereocenters. The minimum absolute atomic E-state index is 0.592. The lowest BCUT2D eigenvalue weighted by Crippen LogP contribution is -2.27. The van der Waals surface area contributed by atoms with Crippen LogP contribution in [0.15, 0.2) is 0 Å². The van der Waals surface area contributed by atoms with E-state index in [1.807, 2.05) is 0 Å². The van der Waals surface area contributed by atoms with Crippen molar-refractivity contribution in [3.05, 3.63) is 16.4 Å². The van der Waals surface area contributed by atoms with Crippen LogP contribution in [-0.4, -0.2) is 16.3 Å². The highest BCUT2D eigenvalue weighted by Crippen LogP contribution is 2.32. The second-order valence-electron chi connectivity index (χ2n) is 4.88. The predicted molar refractivity (Wildman–Crippen MR) is 64.8 cm³/mol. The summed E-state index contributed by atoms with van der Waals surface area (Å²) in [5, 5.41) is 8.71. The summed E-state index contributed by atoms with van der Waals surface area (Å²) < 4.78 is 2.21. The summed E-state index contributed by atoms with van der Waals surface area (Å²) in [7, 11) is 0. The number of hydrogen-bond acceptors (Lipinski definition) is 2. The third-order valence-corrected chi connectivity index (χ3v) is 4.14. The first-order chi connectivity index (χ1) is 7.86. The smallest absolute Gasteiger partial charge is 0.154 e. The van der Waals surface area contributed by atoms with Crippen molar-refractivity contribution in [3.63, 3.8) is 0 Å². The molecule has 0 bridgehead atoms. The molecular formula is C12H18ClN3. The number of aromatic nitrogens is 2. The Balaban J connectivity index is 1.93. The molecule has 16 heavy (non-hydrogen) atoms. The van der Waals surface area contributed by atoms with Gasteiger partial charge in [-0.2, -0.15) is 5.10 Å². The van der Waals surface area contributed by atoms with Crippen LogP contribution in [0.2, 0.25) is 5.15 Å². The molecule has 0 spiro atoms. The van der Waals surface area contributed by atoms with Gasteiger partial charge in [0.05, 0.1) is 11.7 Å². The van der Waals surface area contributed by atoms with Crippen LogP contribution in [0.5, 0.6) is 0 Å². The highest BCUT2D eigenvalue weighted by molar-refractivity contribution is 6.30. The standard InChI is InChI=1S/C12H18ClN3/c13-12-10-6-7-14-8-11(10)16(15-12)9-4-2-1-3-5-9/h9,14H,1-8H2. The van der Waals surface area contributed by atoms with E-state index in [1.54, 1.807) is 0 Å². The molecule has 0 atom stereocenters. The Bertz CT molecular complexity index is 380. The molecule has 88 valence electrons. The zero-order valence-corrected chi connectivity index (χ0v) is 10.3. The van der Waals surface area contributed by atoms with E-state index in [0.717, 1.165) is 24.7 Å². The summed E-state index contributed by atoms with van der Waals surface area (Å²) in [4.78, 5) is 0. The first kappa shape index (κ1) is 10.6. The van der Waals surface area contributed by atoms with Crippen molar-refractivity contribution in [2.75, 3.05) is 6.54 Å². The van der Waals surface area contributed by atoms with Gasteiger partial charge in [-0.15, -0.1) is 0 Å². The summed E-state index contributed by atoms with van der Waals surface area (Å²) in [5.41, 5.74) is 2.62. The highest BCUT2D eigenvalue weighted by Gasteiger charge is 2.24. The number of rotatable bonds is 1. The van der Waals surface area contributed by atoms with Gasteiger partial charge in [0.2, 0.25) is 0 Å². The zero-order valence-electron chi connectivity index (χ0n) is 9.51. The Hall–Kier alpha value is -0.540. The average molecular weight is 240 g/mol. The lowest BCUT2D eigenvalue weighted by atomic mass is 9.95. The van der Waals surface area contributed by atoms with E-state index in [0.29, 0.717) is 6.04 Å². The van der Waals surface area contributed by atoms with Gasteiger partial charge >= 0.3 is 0 Å². The Kier molecular flexibility index (Phi) is 2.90. The third-order valence-electron chi connectivity index (χ3n) is 3.83. The number of nitrogens with zero attached hydrogens (tertiary/aromatic N) is 2. The molecule has 1 aromatic rings. The van der Waals surface area contributed by atoms with Gasteiger partial charge in [-0.3, -0.25) is 4.68 Å². The van der Waals surface area contributed by atoms with Crippen molar-refractivity contribution in [1.82, 2.24) is 15.1 Å². The van der Waals surface area contributed by atoms with Crippen LogP contribution < -0.4 is 5.32 Å². The fraction of sp³-hybridized carbons (Fsp3) is 0.750. The fourth-order valence-corrected chi connectivity index (χ4v) is 3.24. The topological polar surface area (TPSA) is 29.9 Å². The molecule has 2 aliphatic rings. The van der Waals surface area contributed by atoms with Crippen molar-refractivity contribution in [2.45, 2.75) is 51.1 Å². The van der Waals surface area contributed by atoms with Crippen LogP contribution in [0, 0.1) is 0 Å². The van der Waals surface area contributed by atoms with E-state index in [2.05, 4.69) is 15.1 Å². The predicted octanol–water partition coefficient (Wildman–Crippen LogP) is 2.69. The minimum Gasteiger partial charge on any atom is -0.311 e. The SMILES string of the molecule is Clc1nn(C2CCCCC2)c2c1CCNC2. The number of nitrogens with one attached hydrogen (secondary N) is 1. The van der Waals surface area contributed by atoms with Crippen LogP contribution in [0.3, 0.4) is 0 Å². The van der Waals surface area contributed by atoms with Crippen LogP contribution in [-0.2, 0) is 13.0 Å². The van der Waals surface area contributed by atoms with Gasteiger partial charge in [0, 0.05) is 12.1 Å². The van der Waals surface area contributed by atoms with Crippen molar-refractivity contribution in [1.29, 1.82) is 0 Å². The maximum absolute atomic E-state index is 6.22. The largest absolute Gasteiger partial charge is 0.311 e. The van der Waals surface area contributed by atoms with E-state index in [1.165, 1.54) is 43.4 Å². The van der Waals surface area contributed by atoms with Gasteiger partial charge < -0.3 is 5.32 Å². The molecule has 1 aromatic heterocycles. The Morgan fingerprint density at radius 3 is 2.88 bits per heavy atom. The quantitative estimate of drug-likeness (QED) is 0.817.